The van der Waals surface area contributed by atoms with Gasteiger partial charge in [0.05, 0.1) is 17.0 Å². The lowest BCUT2D eigenvalue weighted by Crippen LogP contribution is -2.45. The Balaban J connectivity index is 1.63. The summed E-state index contributed by atoms with van der Waals surface area (Å²) < 4.78 is 66.0. The standard InChI is InChI=1S/C20H19F3N2O5S/c1-31(28,29)16-8-4-13(5-9-16)10-24-18(26)17-12-30-19(27)25(17)11-14-2-6-15(7-3-14)20(21,22)23/h2-9,17H,10-12H2,1H3,(H,24,26)/t17-/m0/s1. The van der Waals surface area contributed by atoms with E-state index < -0.39 is 39.6 Å². The van der Waals surface area contributed by atoms with Crippen LogP contribution in [0.5, 0.6) is 0 Å². The number of halogens is 3. The van der Waals surface area contributed by atoms with Gasteiger partial charge in [-0.25, -0.2) is 13.2 Å². The number of nitrogens with zero attached hydrogens (tertiary/aromatic N) is 1. The van der Waals surface area contributed by atoms with Gasteiger partial charge in [-0.15, -0.1) is 0 Å². The summed E-state index contributed by atoms with van der Waals surface area (Å²) in [5.74, 6) is -0.495. The van der Waals surface area contributed by atoms with Gasteiger partial charge in [0.1, 0.15) is 12.6 Å². The maximum absolute atomic E-state index is 12.7. The van der Waals surface area contributed by atoms with E-state index >= 15 is 0 Å². The maximum atomic E-state index is 12.7. The third kappa shape index (κ3) is 5.54. The molecular formula is C20H19F3N2O5S. The maximum Gasteiger partial charge on any atom is 0.416 e. The number of cyclic esters (lactones) is 1. The SMILES string of the molecule is CS(=O)(=O)c1ccc(CNC(=O)[C@@H]2COC(=O)N2Cc2ccc(C(F)(F)F)cc2)cc1. The molecule has 0 saturated carbocycles. The summed E-state index contributed by atoms with van der Waals surface area (Å²) in [5.41, 5.74) is 0.262. The first-order valence-electron chi connectivity index (χ1n) is 9.11. The van der Waals surface area contributed by atoms with E-state index in [9.17, 15) is 31.2 Å². The van der Waals surface area contributed by atoms with Gasteiger partial charge in [0.15, 0.2) is 9.84 Å². The lowest BCUT2D eigenvalue weighted by Gasteiger charge is -2.21. The van der Waals surface area contributed by atoms with Gasteiger partial charge >= 0.3 is 12.3 Å². The molecule has 3 rings (SSSR count). The Morgan fingerprint density at radius 2 is 1.68 bits per heavy atom. The average Bonchev–Trinajstić information content (AvgIpc) is 3.06. The average molecular weight is 456 g/mol. The molecule has 0 aromatic heterocycles. The second kappa shape index (κ2) is 8.58. The molecule has 1 aliphatic rings. The molecule has 1 N–H and O–H groups in total. The minimum absolute atomic E-state index is 0.0852. The van der Waals surface area contributed by atoms with E-state index in [-0.39, 0.29) is 24.6 Å². The van der Waals surface area contributed by atoms with Gasteiger partial charge in [0.25, 0.3) is 0 Å². The van der Waals surface area contributed by atoms with Crippen LogP contribution in [0.25, 0.3) is 0 Å². The fourth-order valence-corrected chi connectivity index (χ4v) is 3.63. The second-order valence-electron chi connectivity index (χ2n) is 7.05. The number of sulfone groups is 1. The summed E-state index contributed by atoms with van der Waals surface area (Å²) >= 11 is 0. The van der Waals surface area contributed by atoms with Gasteiger partial charge in [-0.1, -0.05) is 24.3 Å². The summed E-state index contributed by atoms with van der Waals surface area (Å²) in [6.07, 6.45) is -4.11. The first-order chi connectivity index (χ1) is 14.4. The monoisotopic (exact) mass is 456 g/mol. The zero-order valence-electron chi connectivity index (χ0n) is 16.3. The molecule has 0 aliphatic carbocycles. The molecule has 0 unspecified atom stereocenters. The first-order valence-corrected chi connectivity index (χ1v) is 11.0. The molecule has 1 saturated heterocycles. The molecule has 1 fully saturated rings. The number of hydrogen-bond acceptors (Lipinski definition) is 5. The predicted octanol–water partition coefficient (Wildman–Crippen LogP) is 2.75. The Morgan fingerprint density at radius 1 is 1.10 bits per heavy atom. The summed E-state index contributed by atoms with van der Waals surface area (Å²) in [6, 6.07) is 9.34. The van der Waals surface area contributed by atoms with Crippen LogP contribution in [0.2, 0.25) is 0 Å². The van der Waals surface area contributed by atoms with Crippen LogP contribution in [-0.4, -0.2) is 44.2 Å². The molecule has 0 spiro atoms. The Hall–Kier alpha value is -3.08. The van der Waals surface area contributed by atoms with Crippen LogP contribution in [-0.2, 0) is 38.6 Å². The van der Waals surface area contributed by atoms with E-state index in [0.717, 1.165) is 23.3 Å². The minimum Gasteiger partial charge on any atom is -0.447 e. The van der Waals surface area contributed by atoms with Crippen molar-refractivity contribution in [3.63, 3.8) is 0 Å². The van der Waals surface area contributed by atoms with Gasteiger partial charge in [-0.2, -0.15) is 13.2 Å². The Bertz CT molecular complexity index is 1070. The predicted molar refractivity (Wildman–Crippen MR) is 104 cm³/mol. The normalized spacial score (nSPS) is 16.8. The zero-order chi connectivity index (χ0) is 22.8. The van der Waals surface area contributed by atoms with Gasteiger partial charge in [0.2, 0.25) is 5.91 Å². The van der Waals surface area contributed by atoms with Crippen LogP contribution < -0.4 is 5.32 Å². The fourth-order valence-electron chi connectivity index (χ4n) is 3.00. The van der Waals surface area contributed by atoms with Crippen molar-refractivity contribution < 1.29 is 35.9 Å². The molecule has 31 heavy (non-hydrogen) atoms. The number of nitrogens with one attached hydrogen (secondary N) is 1. The molecule has 1 atom stereocenters. The number of rotatable bonds is 6. The third-order valence-electron chi connectivity index (χ3n) is 4.73. The van der Waals surface area contributed by atoms with Crippen molar-refractivity contribution in [3.05, 3.63) is 65.2 Å². The minimum atomic E-state index is -4.47. The van der Waals surface area contributed by atoms with E-state index in [4.69, 9.17) is 4.74 Å². The molecule has 11 heteroatoms. The number of alkyl halides is 3. The van der Waals surface area contributed by atoms with Crippen LogP contribution in [0.1, 0.15) is 16.7 Å². The van der Waals surface area contributed by atoms with E-state index in [0.29, 0.717) is 11.1 Å². The summed E-state index contributed by atoms with van der Waals surface area (Å²) in [4.78, 5) is 25.9. The van der Waals surface area contributed by atoms with Crippen molar-refractivity contribution in [2.45, 2.75) is 30.2 Å². The van der Waals surface area contributed by atoms with Crippen LogP contribution in [0.15, 0.2) is 53.4 Å². The second-order valence-corrected chi connectivity index (χ2v) is 9.06. The molecule has 7 nitrogen and oxygen atoms in total. The molecule has 1 heterocycles. The largest absolute Gasteiger partial charge is 0.447 e. The highest BCUT2D eigenvalue weighted by atomic mass is 32.2. The molecule has 166 valence electrons. The lowest BCUT2D eigenvalue weighted by atomic mass is 10.1. The van der Waals surface area contributed by atoms with Crippen molar-refractivity contribution in [2.75, 3.05) is 12.9 Å². The Morgan fingerprint density at radius 3 is 2.23 bits per heavy atom. The van der Waals surface area contributed by atoms with Gasteiger partial charge in [-0.05, 0) is 35.4 Å². The Kier molecular flexibility index (Phi) is 6.25. The highest BCUT2D eigenvalue weighted by Crippen LogP contribution is 2.29. The quantitative estimate of drug-likeness (QED) is 0.722. The van der Waals surface area contributed by atoms with Crippen molar-refractivity contribution >= 4 is 21.8 Å². The molecule has 2 aromatic rings. The van der Waals surface area contributed by atoms with E-state index in [1.165, 1.54) is 24.3 Å². The van der Waals surface area contributed by atoms with Crippen molar-refractivity contribution in [1.29, 1.82) is 0 Å². The van der Waals surface area contributed by atoms with E-state index in [2.05, 4.69) is 5.32 Å². The van der Waals surface area contributed by atoms with Crippen LogP contribution in [0.4, 0.5) is 18.0 Å². The molecule has 2 amide bonds. The Labute approximate surface area is 176 Å². The first kappa shape index (κ1) is 22.6. The lowest BCUT2D eigenvalue weighted by molar-refractivity contribution is -0.137. The fraction of sp³-hybridized carbons (Fsp3) is 0.300. The van der Waals surface area contributed by atoms with Crippen LogP contribution in [0, 0.1) is 0 Å². The van der Waals surface area contributed by atoms with Crippen LogP contribution in [0.3, 0.4) is 0 Å². The number of amides is 2. The van der Waals surface area contributed by atoms with Crippen molar-refractivity contribution in [3.8, 4) is 0 Å². The smallest absolute Gasteiger partial charge is 0.416 e. The molecular weight excluding hydrogens is 437 g/mol. The topological polar surface area (TPSA) is 92.8 Å². The summed E-state index contributed by atoms with van der Waals surface area (Å²) in [6.45, 7) is -0.169. The number of ether oxygens (including phenoxy) is 1. The van der Waals surface area contributed by atoms with E-state index in [1.807, 2.05) is 0 Å². The van der Waals surface area contributed by atoms with Gasteiger partial charge < -0.3 is 10.1 Å². The molecule has 1 aliphatic heterocycles. The van der Waals surface area contributed by atoms with Crippen molar-refractivity contribution in [2.24, 2.45) is 0 Å². The number of carbonyl (C=O) groups excluding carboxylic acids is 2. The highest BCUT2D eigenvalue weighted by Gasteiger charge is 2.38. The summed E-state index contributed by atoms with van der Waals surface area (Å²) in [5, 5.41) is 2.65. The number of hydrogen-bond donors (Lipinski definition) is 1. The van der Waals surface area contributed by atoms with Crippen molar-refractivity contribution in [1.82, 2.24) is 10.2 Å². The van der Waals surface area contributed by atoms with Gasteiger partial charge in [0, 0.05) is 12.8 Å². The third-order valence-corrected chi connectivity index (χ3v) is 5.86. The number of carbonyl (C=O) groups is 2. The van der Waals surface area contributed by atoms with E-state index in [1.54, 1.807) is 12.1 Å². The highest BCUT2D eigenvalue weighted by molar-refractivity contribution is 7.90. The summed E-state index contributed by atoms with van der Waals surface area (Å²) in [7, 11) is -3.33. The van der Waals surface area contributed by atoms with Gasteiger partial charge in [-0.3, -0.25) is 9.69 Å². The molecule has 0 radical (unpaired) electrons. The number of benzene rings is 2. The van der Waals surface area contributed by atoms with Crippen LogP contribution >= 0.6 is 0 Å². The zero-order valence-corrected chi connectivity index (χ0v) is 17.2. The molecule has 2 aromatic carbocycles. The molecule has 0 bridgehead atoms.